The minimum absolute atomic E-state index is 0.292. The molecule has 1 rings (SSSR count). The third-order valence-corrected chi connectivity index (χ3v) is 2.33. The van der Waals surface area contributed by atoms with Gasteiger partial charge in [-0.2, -0.15) is 0 Å². The molecule has 0 aliphatic carbocycles. The van der Waals surface area contributed by atoms with Crippen LogP contribution in [0.15, 0.2) is 0 Å². The SMILES string of the molecule is CC(CN1CCCCC1)NC=O. The minimum atomic E-state index is 0.292. The van der Waals surface area contributed by atoms with E-state index in [1.807, 2.05) is 6.92 Å². The van der Waals surface area contributed by atoms with Gasteiger partial charge >= 0.3 is 0 Å². The third-order valence-electron chi connectivity index (χ3n) is 2.33. The van der Waals surface area contributed by atoms with Gasteiger partial charge < -0.3 is 10.2 Å². The Balaban J connectivity index is 2.15. The molecule has 1 aliphatic heterocycles. The molecule has 1 aliphatic rings. The van der Waals surface area contributed by atoms with Crippen molar-refractivity contribution in [3.05, 3.63) is 0 Å². The number of nitrogens with one attached hydrogen (secondary N) is 1. The number of piperidine rings is 1. The van der Waals surface area contributed by atoms with E-state index in [4.69, 9.17) is 0 Å². The van der Waals surface area contributed by atoms with Crippen LogP contribution in [-0.4, -0.2) is 37.0 Å². The zero-order valence-corrected chi connectivity index (χ0v) is 7.75. The molecule has 1 fully saturated rings. The van der Waals surface area contributed by atoms with Crippen LogP contribution in [0.5, 0.6) is 0 Å². The van der Waals surface area contributed by atoms with Crippen molar-refractivity contribution < 1.29 is 4.79 Å². The Bertz CT molecular complexity index is 132. The molecule has 3 nitrogen and oxygen atoms in total. The van der Waals surface area contributed by atoms with Gasteiger partial charge in [-0.05, 0) is 32.9 Å². The second-order valence-corrected chi connectivity index (χ2v) is 3.55. The number of hydrogen-bond acceptors (Lipinski definition) is 2. The maximum absolute atomic E-state index is 10.1. The molecule has 12 heavy (non-hydrogen) atoms. The van der Waals surface area contributed by atoms with Gasteiger partial charge in [-0.15, -0.1) is 0 Å². The maximum atomic E-state index is 10.1. The Kier molecular flexibility index (Phi) is 4.08. The summed E-state index contributed by atoms with van der Waals surface area (Å²) < 4.78 is 0. The fraction of sp³-hybridized carbons (Fsp3) is 0.889. The number of carbonyl (C=O) groups is 1. The van der Waals surface area contributed by atoms with Crippen LogP contribution in [-0.2, 0) is 4.79 Å². The zero-order valence-electron chi connectivity index (χ0n) is 7.75. The van der Waals surface area contributed by atoms with Crippen molar-refractivity contribution in [2.75, 3.05) is 19.6 Å². The molecule has 3 heteroatoms. The molecule has 0 spiro atoms. The van der Waals surface area contributed by atoms with E-state index in [0.717, 1.165) is 13.0 Å². The molecular weight excluding hydrogens is 152 g/mol. The van der Waals surface area contributed by atoms with E-state index in [-0.39, 0.29) is 0 Å². The Morgan fingerprint density at radius 3 is 2.67 bits per heavy atom. The molecule has 1 unspecified atom stereocenters. The first-order valence-corrected chi connectivity index (χ1v) is 4.75. The molecule has 1 N–H and O–H groups in total. The van der Waals surface area contributed by atoms with Crippen LogP contribution in [0.4, 0.5) is 0 Å². The first-order valence-electron chi connectivity index (χ1n) is 4.75. The minimum Gasteiger partial charge on any atom is -0.355 e. The largest absolute Gasteiger partial charge is 0.355 e. The van der Waals surface area contributed by atoms with Crippen molar-refractivity contribution in [1.29, 1.82) is 0 Å². The molecule has 1 amide bonds. The average Bonchev–Trinajstić information content (AvgIpc) is 2.06. The van der Waals surface area contributed by atoms with Gasteiger partial charge in [-0.25, -0.2) is 0 Å². The second-order valence-electron chi connectivity index (χ2n) is 3.55. The maximum Gasteiger partial charge on any atom is 0.207 e. The van der Waals surface area contributed by atoms with Crippen LogP contribution in [0, 0.1) is 0 Å². The summed E-state index contributed by atoms with van der Waals surface area (Å²) in [6.07, 6.45) is 4.78. The topological polar surface area (TPSA) is 32.3 Å². The average molecular weight is 170 g/mol. The number of amides is 1. The van der Waals surface area contributed by atoms with E-state index in [2.05, 4.69) is 10.2 Å². The fourth-order valence-corrected chi connectivity index (χ4v) is 1.70. The molecule has 0 saturated carbocycles. The molecule has 70 valence electrons. The number of nitrogens with zero attached hydrogens (tertiary/aromatic N) is 1. The first-order chi connectivity index (χ1) is 5.83. The number of likely N-dealkylation sites (tertiary alicyclic amines) is 1. The van der Waals surface area contributed by atoms with Crippen molar-refractivity contribution in [2.24, 2.45) is 0 Å². The summed E-state index contributed by atoms with van der Waals surface area (Å²) in [4.78, 5) is 12.5. The third kappa shape index (κ3) is 3.22. The molecule has 0 aromatic rings. The summed E-state index contributed by atoms with van der Waals surface area (Å²) in [5.41, 5.74) is 0. The van der Waals surface area contributed by atoms with E-state index < -0.39 is 0 Å². The van der Waals surface area contributed by atoms with Crippen molar-refractivity contribution in [2.45, 2.75) is 32.2 Å². The van der Waals surface area contributed by atoms with Gasteiger partial charge in [0.25, 0.3) is 0 Å². The van der Waals surface area contributed by atoms with E-state index in [1.54, 1.807) is 0 Å². The predicted octanol–water partition coefficient (Wildman–Crippen LogP) is 0.607. The van der Waals surface area contributed by atoms with Crippen molar-refractivity contribution >= 4 is 6.41 Å². The lowest BCUT2D eigenvalue weighted by Crippen LogP contribution is -2.40. The quantitative estimate of drug-likeness (QED) is 0.627. The Morgan fingerprint density at radius 2 is 2.08 bits per heavy atom. The van der Waals surface area contributed by atoms with Crippen LogP contribution < -0.4 is 5.32 Å². The lowest BCUT2D eigenvalue weighted by molar-refractivity contribution is -0.110. The number of carbonyl (C=O) groups excluding carboxylic acids is 1. The lowest BCUT2D eigenvalue weighted by Gasteiger charge is -2.28. The van der Waals surface area contributed by atoms with Crippen LogP contribution >= 0.6 is 0 Å². The van der Waals surface area contributed by atoms with Crippen LogP contribution in [0.1, 0.15) is 26.2 Å². The lowest BCUT2D eigenvalue weighted by atomic mass is 10.1. The zero-order chi connectivity index (χ0) is 8.81. The summed E-state index contributed by atoms with van der Waals surface area (Å²) >= 11 is 0. The predicted molar refractivity (Wildman–Crippen MR) is 49.0 cm³/mol. The normalized spacial score (nSPS) is 21.8. The molecule has 0 aromatic carbocycles. The fourth-order valence-electron chi connectivity index (χ4n) is 1.70. The standard InChI is InChI=1S/C9H18N2O/c1-9(10-8-12)7-11-5-3-2-4-6-11/h8-9H,2-7H2,1H3,(H,10,12). The van der Waals surface area contributed by atoms with Crippen molar-refractivity contribution in [3.8, 4) is 0 Å². The highest BCUT2D eigenvalue weighted by atomic mass is 16.1. The van der Waals surface area contributed by atoms with Crippen molar-refractivity contribution in [3.63, 3.8) is 0 Å². The summed E-state index contributed by atoms with van der Waals surface area (Å²) in [6.45, 7) is 5.44. The molecule has 1 atom stereocenters. The van der Waals surface area contributed by atoms with Gasteiger partial charge in [0.05, 0.1) is 0 Å². The van der Waals surface area contributed by atoms with Crippen LogP contribution in [0.3, 0.4) is 0 Å². The Labute approximate surface area is 74.1 Å². The molecular formula is C9H18N2O. The van der Waals surface area contributed by atoms with Gasteiger partial charge in [0.1, 0.15) is 0 Å². The van der Waals surface area contributed by atoms with Gasteiger partial charge in [0.15, 0.2) is 0 Å². The summed E-state index contributed by atoms with van der Waals surface area (Å²) in [5, 5.41) is 2.77. The molecule has 0 radical (unpaired) electrons. The molecule has 1 saturated heterocycles. The van der Waals surface area contributed by atoms with E-state index in [1.165, 1.54) is 32.4 Å². The number of rotatable bonds is 4. The van der Waals surface area contributed by atoms with E-state index in [0.29, 0.717) is 6.04 Å². The summed E-state index contributed by atoms with van der Waals surface area (Å²) in [7, 11) is 0. The van der Waals surface area contributed by atoms with Gasteiger partial charge in [-0.3, -0.25) is 4.79 Å². The van der Waals surface area contributed by atoms with Crippen LogP contribution in [0.2, 0.25) is 0 Å². The Hall–Kier alpha value is -0.570. The highest BCUT2D eigenvalue weighted by molar-refractivity contribution is 5.46. The van der Waals surface area contributed by atoms with Crippen LogP contribution in [0.25, 0.3) is 0 Å². The smallest absolute Gasteiger partial charge is 0.207 e. The monoisotopic (exact) mass is 170 g/mol. The van der Waals surface area contributed by atoms with Gasteiger partial charge in [-0.1, -0.05) is 6.42 Å². The first kappa shape index (κ1) is 9.52. The second kappa shape index (κ2) is 5.14. The highest BCUT2D eigenvalue weighted by Crippen LogP contribution is 2.08. The van der Waals surface area contributed by atoms with E-state index in [9.17, 15) is 4.79 Å². The molecule has 0 aromatic heterocycles. The number of hydrogen-bond donors (Lipinski definition) is 1. The molecule has 0 bridgehead atoms. The highest BCUT2D eigenvalue weighted by Gasteiger charge is 2.12. The van der Waals surface area contributed by atoms with Crippen molar-refractivity contribution in [1.82, 2.24) is 10.2 Å². The Morgan fingerprint density at radius 1 is 1.42 bits per heavy atom. The summed E-state index contributed by atoms with van der Waals surface area (Å²) in [5.74, 6) is 0. The molecule has 1 heterocycles. The summed E-state index contributed by atoms with van der Waals surface area (Å²) in [6, 6.07) is 0.292. The van der Waals surface area contributed by atoms with Gasteiger partial charge in [0, 0.05) is 12.6 Å². The van der Waals surface area contributed by atoms with E-state index >= 15 is 0 Å². The van der Waals surface area contributed by atoms with Gasteiger partial charge in [0.2, 0.25) is 6.41 Å².